The molecule has 146 valence electrons. The Morgan fingerprint density at radius 3 is 2.79 bits per heavy atom. The molecule has 7 heteroatoms. The predicted octanol–water partition coefficient (Wildman–Crippen LogP) is 1.77. The summed E-state index contributed by atoms with van der Waals surface area (Å²) >= 11 is 0. The van der Waals surface area contributed by atoms with Crippen molar-refractivity contribution in [3.8, 4) is 23.1 Å². The number of anilines is 1. The summed E-state index contributed by atoms with van der Waals surface area (Å²) in [4.78, 5) is 26.7. The highest BCUT2D eigenvalue weighted by molar-refractivity contribution is 5.91. The Bertz CT molecular complexity index is 1200. The van der Waals surface area contributed by atoms with Crippen molar-refractivity contribution in [3.63, 3.8) is 0 Å². The molecular formula is C22H21N5O2. The molecular weight excluding hydrogens is 366 g/mol. The largest absolute Gasteiger partial charge is 0.382 e. The van der Waals surface area contributed by atoms with Crippen LogP contribution in [0.25, 0.3) is 22.3 Å². The number of amides is 1. The molecule has 0 spiro atoms. The molecule has 1 amide bonds. The molecule has 1 aliphatic rings. The van der Waals surface area contributed by atoms with Gasteiger partial charge in [0.15, 0.2) is 5.82 Å². The second kappa shape index (κ2) is 6.83. The van der Waals surface area contributed by atoms with Gasteiger partial charge in [0, 0.05) is 30.6 Å². The van der Waals surface area contributed by atoms with Gasteiger partial charge in [-0.2, -0.15) is 0 Å². The lowest BCUT2D eigenvalue weighted by Crippen LogP contribution is -2.40. The van der Waals surface area contributed by atoms with Gasteiger partial charge in [0.1, 0.15) is 11.8 Å². The molecule has 3 heterocycles. The summed E-state index contributed by atoms with van der Waals surface area (Å²) in [6.45, 7) is 4.25. The fourth-order valence-electron chi connectivity index (χ4n) is 3.59. The summed E-state index contributed by atoms with van der Waals surface area (Å²) in [5.74, 6) is 5.45. The Morgan fingerprint density at radius 2 is 2.07 bits per heavy atom. The Hall–Kier alpha value is -3.50. The highest BCUT2D eigenvalue weighted by Gasteiger charge is 2.48. The lowest BCUT2D eigenvalue weighted by molar-refractivity contribution is -0.138. The van der Waals surface area contributed by atoms with Crippen LogP contribution in [-0.2, 0) is 4.79 Å². The molecule has 2 aromatic heterocycles. The standard InChI is InChI=1S/C22H21N5O2/c1-13-9-17(26-19-18(13)24-12-25-20(19)23)16-6-4-5-15(10-16)7-8-22(29)14(2)11-27(3)21(22)28/h4-6,9-10,12,14,29H,11H2,1-3H3,(H2,23,24,25)/t14-,22+/m1/s1. The van der Waals surface area contributed by atoms with Gasteiger partial charge in [-0.05, 0) is 30.7 Å². The van der Waals surface area contributed by atoms with Crippen molar-refractivity contribution >= 4 is 22.8 Å². The maximum Gasteiger partial charge on any atom is 0.267 e. The number of carbonyl (C=O) groups is 1. The van der Waals surface area contributed by atoms with E-state index in [1.807, 2.05) is 44.2 Å². The number of fused-ring (bicyclic) bond motifs is 1. The molecule has 1 fully saturated rings. The van der Waals surface area contributed by atoms with E-state index in [4.69, 9.17) is 5.73 Å². The summed E-state index contributed by atoms with van der Waals surface area (Å²) < 4.78 is 0. The maximum absolute atomic E-state index is 12.3. The third kappa shape index (κ3) is 3.18. The van der Waals surface area contributed by atoms with Crippen molar-refractivity contribution in [1.29, 1.82) is 0 Å². The maximum atomic E-state index is 12.3. The number of nitrogen functional groups attached to an aromatic ring is 1. The molecule has 0 unspecified atom stereocenters. The number of hydrogen-bond acceptors (Lipinski definition) is 6. The van der Waals surface area contributed by atoms with E-state index < -0.39 is 5.60 Å². The highest BCUT2D eigenvalue weighted by Crippen LogP contribution is 2.28. The Labute approximate surface area is 168 Å². The molecule has 1 saturated heterocycles. The number of nitrogens with two attached hydrogens (primary N) is 1. The van der Waals surface area contributed by atoms with Crippen molar-refractivity contribution in [2.24, 2.45) is 5.92 Å². The zero-order chi connectivity index (χ0) is 20.8. The first kappa shape index (κ1) is 18.8. The number of hydrogen-bond donors (Lipinski definition) is 2. The molecule has 4 rings (SSSR count). The second-order valence-corrected chi connectivity index (χ2v) is 7.46. The highest BCUT2D eigenvalue weighted by atomic mass is 16.3. The van der Waals surface area contributed by atoms with Crippen LogP contribution in [0.15, 0.2) is 36.7 Å². The summed E-state index contributed by atoms with van der Waals surface area (Å²) in [5, 5.41) is 10.7. The van der Waals surface area contributed by atoms with E-state index in [1.54, 1.807) is 7.05 Å². The van der Waals surface area contributed by atoms with Crippen LogP contribution in [0.3, 0.4) is 0 Å². The first-order valence-corrected chi connectivity index (χ1v) is 9.29. The van der Waals surface area contributed by atoms with Crippen LogP contribution in [0, 0.1) is 24.7 Å². The number of likely N-dealkylation sites (tertiary alicyclic amines) is 1. The lowest BCUT2D eigenvalue weighted by atomic mass is 9.92. The molecule has 3 N–H and O–H groups in total. The molecule has 0 saturated carbocycles. The number of likely N-dealkylation sites (N-methyl/N-ethyl adjacent to an activating group) is 1. The monoisotopic (exact) mass is 387 g/mol. The average Bonchev–Trinajstić information content (AvgIpc) is 2.90. The minimum Gasteiger partial charge on any atom is -0.382 e. The van der Waals surface area contributed by atoms with Crippen LogP contribution < -0.4 is 5.73 Å². The van der Waals surface area contributed by atoms with Crippen LogP contribution in [0.4, 0.5) is 5.82 Å². The normalized spacial score (nSPS) is 21.3. The Balaban J connectivity index is 1.74. The fraction of sp³-hybridized carbons (Fsp3) is 0.273. The Kier molecular flexibility index (Phi) is 4.44. The summed E-state index contributed by atoms with van der Waals surface area (Å²) in [6.07, 6.45) is 1.43. The number of aromatic nitrogens is 3. The van der Waals surface area contributed by atoms with Crippen molar-refractivity contribution in [2.75, 3.05) is 19.3 Å². The van der Waals surface area contributed by atoms with Crippen LogP contribution in [0.1, 0.15) is 18.1 Å². The van der Waals surface area contributed by atoms with E-state index in [9.17, 15) is 9.90 Å². The first-order chi connectivity index (χ1) is 13.8. The quantitative estimate of drug-likeness (QED) is 0.617. The molecule has 3 aromatic rings. The van der Waals surface area contributed by atoms with Crippen LogP contribution in [0.2, 0.25) is 0 Å². The van der Waals surface area contributed by atoms with Gasteiger partial charge in [-0.25, -0.2) is 15.0 Å². The summed E-state index contributed by atoms with van der Waals surface area (Å²) in [6, 6.07) is 9.43. The molecule has 0 bridgehead atoms. The van der Waals surface area contributed by atoms with Gasteiger partial charge in [-0.1, -0.05) is 30.9 Å². The topological polar surface area (TPSA) is 105 Å². The molecule has 7 nitrogen and oxygen atoms in total. The number of aryl methyl sites for hydroxylation is 1. The molecule has 0 radical (unpaired) electrons. The van der Waals surface area contributed by atoms with Crippen molar-refractivity contribution in [1.82, 2.24) is 19.9 Å². The zero-order valence-electron chi connectivity index (χ0n) is 16.5. The molecule has 1 aliphatic heterocycles. The fourth-order valence-corrected chi connectivity index (χ4v) is 3.59. The molecule has 0 aliphatic carbocycles. The lowest BCUT2D eigenvalue weighted by Gasteiger charge is -2.17. The molecule has 1 aromatic carbocycles. The van der Waals surface area contributed by atoms with Gasteiger partial charge in [0.2, 0.25) is 5.60 Å². The third-order valence-corrected chi connectivity index (χ3v) is 5.30. The van der Waals surface area contributed by atoms with Crippen molar-refractivity contribution < 1.29 is 9.90 Å². The minimum absolute atomic E-state index is 0.261. The van der Waals surface area contributed by atoms with E-state index in [2.05, 4.69) is 26.8 Å². The SMILES string of the molecule is Cc1cc(-c2cccc(C#C[C@@]3(O)C(=O)N(C)C[C@H]3C)c2)nc2c(N)ncnc12. The second-order valence-electron chi connectivity index (χ2n) is 7.46. The minimum atomic E-state index is -1.66. The van der Waals surface area contributed by atoms with Gasteiger partial charge in [0.25, 0.3) is 5.91 Å². The van der Waals surface area contributed by atoms with Crippen LogP contribution in [-0.4, -0.2) is 50.1 Å². The number of aliphatic hydroxyl groups is 1. The van der Waals surface area contributed by atoms with Crippen molar-refractivity contribution in [3.05, 3.63) is 47.8 Å². The summed E-state index contributed by atoms with van der Waals surface area (Å²) in [7, 11) is 1.67. The van der Waals surface area contributed by atoms with Crippen LogP contribution in [0.5, 0.6) is 0 Å². The predicted molar refractivity (Wildman–Crippen MR) is 111 cm³/mol. The number of nitrogens with zero attached hydrogens (tertiary/aromatic N) is 4. The van der Waals surface area contributed by atoms with E-state index in [0.29, 0.717) is 23.4 Å². The molecule has 2 atom stereocenters. The van der Waals surface area contributed by atoms with Gasteiger partial charge in [-0.3, -0.25) is 4.79 Å². The van der Waals surface area contributed by atoms with E-state index in [-0.39, 0.29) is 11.8 Å². The van der Waals surface area contributed by atoms with E-state index >= 15 is 0 Å². The number of benzene rings is 1. The molecule has 29 heavy (non-hydrogen) atoms. The Morgan fingerprint density at radius 1 is 1.28 bits per heavy atom. The van der Waals surface area contributed by atoms with Gasteiger partial charge in [0.05, 0.1) is 11.2 Å². The number of pyridine rings is 1. The van der Waals surface area contributed by atoms with Gasteiger partial charge >= 0.3 is 0 Å². The van der Waals surface area contributed by atoms with E-state index in [0.717, 1.165) is 22.3 Å². The van der Waals surface area contributed by atoms with Gasteiger partial charge in [-0.15, -0.1) is 0 Å². The van der Waals surface area contributed by atoms with E-state index in [1.165, 1.54) is 11.2 Å². The smallest absolute Gasteiger partial charge is 0.267 e. The third-order valence-electron chi connectivity index (χ3n) is 5.30. The number of carbonyl (C=O) groups excluding carboxylic acids is 1. The average molecular weight is 387 g/mol. The first-order valence-electron chi connectivity index (χ1n) is 9.29. The van der Waals surface area contributed by atoms with Crippen LogP contribution >= 0.6 is 0 Å². The zero-order valence-corrected chi connectivity index (χ0v) is 16.5. The number of rotatable bonds is 1. The van der Waals surface area contributed by atoms with Gasteiger partial charge < -0.3 is 15.7 Å². The summed E-state index contributed by atoms with van der Waals surface area (Å²) in [5.41, 5.74) is 8.79. The van der Waals surface area contributed by atoms with Crippen molar-refractivity contribution in [2.45, 2.75) is 19.4 Å².